The van der Waals surface area contributed by atoms with E-state index in [2.05, 4.69) is 15.1 Å². The summed E-state index contributed by atoms with van der Waals surface area (Å²) in [6.07, 6.45) is 1.42. The summed E-state index contributed by atoms with van der Waals surface area (Å²) in [5, 5.41) is 7.31. The fourth-order valence-electron chi connectivity index (χ4n) is 1.89. The molecule has 1 aromatic carbocycles. The van der Waals surface area contributed by atoms with E-state index in [-0.39, 0.29) is 11.9 Å². The summed E-state index contributed by atoms with van der Waals surface area (Å²) in [4.78, 5) is 0. The fraction of sp³-hybridized carbons (Fsp3) is 0.357. The van der Waals surface area contributed by atoms with Crippen molar-refractivity contribution in [1.29, 1.82) is 0 Å². The van der Waals surface area contributed by atoms with Crippen LogP contribution in [0.25, 0.3) is 0 Å². The maximum absolute atomic E-state index is 12.1. The van der Waals surface area contributed by atoms with Gasteiger partial charge in [0.25, 0.3) is 0 Å². The van der Waals surface area contributed by atoms with Gasteiger partial charge >= 0.3 is 0 Å². The number of nitrogens with one attached hydrogen (secondary N) is 2. The zero-order chi connectivity index (χ0) is 16.2. The Kier molecular flexibility index (Phi) is 5.04. The molecule has 1 aromatic heterocycles. The molecule has 0 aliphatic rings. The SMILES string of the molecule is COC(C)CS(=O)(=O)Nc1ccccc1Nc1ccn(C)n1. The molecular formula is C14H20N4O3S. The average Bonchev–Trinajstić information content (AvgIpc) is 2.85. The standard InChI is InChI=1S/C14H20N4O3S/c1-11(21-3)10-22(19,20)17-13-7-5-4-6-12(13)15-14-8-9-18(2)16-14/h4-9,11,17H,10H2,1-3H3,(H,15,16). The minimum Gasteiger partial charge on any atom is -0.381 e. The van der Waals surface area contributed by atoms with Crippen LogP contribution in [0.3, 0.4) is 0 Å². The van der Waals surface area contributed by atoms with E-state index in [1.165, 1.54) is 7.11 Å². The van der Waals surface area contributed by atoms with Gasteiger partial charge in [-0.2, -0.15) is 5.10 Å². The van der Waals surface area contributed by atoms with E-state index in [0.717, 1.165) is 0 Å². The molecule has 1 heterocycles. The Morgan fingerprint density at radius 3 is 2.55 bits per heavy atom. The van der Waals surface area contributed by atoms with Gasteiger partial charge in [0, 0.05) is 26.4 Å². The van der Waals surface area contributed by atoms with E-state index in [1.54, 1.807) is 42.1 Å². The molecule has 2 aromatic rings. The zero-order valence-electron chi connectivity index (χ0n) is 12.8. The molecule has 1 atom stereocenters. The van der Waals surface area contributed by atoms with Crippen molar-refractivity contribution in [2.75, 3.05) is 22.9 Å². The highest BCUT2D eigenvalue weighted by Gasteiger charge is 2.17. The van der Waals surface area contributed by atoms with Crippen LogP contribution in [0.4, 0.5) is 17.2 Å². The lowest BCUT2D eigenvalue weighted by atomic mass is 10.3. The van der Waals surface area contributed by atoms with Crippen LogP contribution in [0.5, 0.6) is 0 Å². The van der Waals surface area contributed by atoms with Gasteiger partial charge < -0.3 is 10.1 Å². The predicted octanol–water partition coefficient (Wildman–Crippen LogP) is 1.94. The molecule has 0 radical (unpaired) electrons. The minimum absolute atomic E-state index is 0.110. The van der Waals surface area contributed by atoms with Crippen LogP contribution < -0.4 is 10.0 Å². The van der Waals surface area contributed by atoms with Crippen LogP contribution in [0.2, 0.25) is 0 Å². The highest BCUT2D eigenvalue weighted by Crippen LogP contribution is 2.25. The van der Waals surface area contributed by atoms with E-state index in [9.17, 15) is 8.42 Å². The Bertz CT molecular complexity index is 727. The number of methoxy groups -OCH3 is 1. The van der Waals surface area contributed by atoms with Crippen molar-refractivity contribution in [1.82, 2.24) is 9.78 Å². The van der Waals surface area contributed by atoms with Crippen molar-refractivity contribution < 1.29 is 13.2 Å². The number of sulfonamides is 1. The quantitative estimate of drug-likeness (QED) is 0.813. The Labute approximate surface area is 130 Å². The maximum atomic E-state index is 12.1. The Morgan fingerprint density at radius 2 is 1.95 bits per heavy atom. The minimum atomic E-state index is -3.50. The summed E-state index contributed by atoms with van der Waals surface area (Å²) in [5.41, 5.74) is 1.10. The van der Waals surface area contributed by atoms with E-state index in [0.29, 0.717) is 17.2 Å². The summed E-state index contributed by atoms with van der Waals surface area (Å²) in [6.45, 7) is 1.71. The second-order valence-electron chi connectivity index (χ2n) is 4.98. The molecule has 2 rings (SSSR count). The normalized spacial score (nSPS) is 12.9. The maximum Gasteiger partial charge on any atom is 0.235 e. The molecule has 120 valence electrons. The Hall–Kier alpha value is -2.06. The van der Waals surface area contributed by atoms with Crippen LogP contribution >= 0.6 is 0 Å². The Morgan fingerprint density at radius 1 is 1.27 bits per heavy atom. The molecule has 0 spiro atoms. The van der Waals surface area contributed by atoms with Gasteiger partial charge in [-0.05, 0) is 19.1 Å². The van der Waals surface area contributed by atoms with Gasteiger partial charge in [0.1, 0.15) is 0 Å². The number of aromatic nitrogens is 2. The van der Waals surface area contributed by atoms with Crippen molar-refractivity contribution in [3.63, 3.8) is 0 Å². The van der Waals surface area contributed by atoms with Crippen LogP contribution in [0.1, 0.15) is 6.92 Å². The molecule has 0 bridgehead atoms. The van der Waals surface area contributed by atoms with Crippen molar-refractivity contribution in [3.8, 4) is 0 Å². The first kappa shape index (κ1) is 16.3. The lowest BCUT2D eigenvalue weighted by Gasteiger charge is -2.15. The van der Waals surface area contributed by atoms with E-state index < -0.39 is 10.0 Å². The second kappa shape index (κ2) is 6.80. The van der Waals surface area contributed by atoms with Crippen LogP contribution in [-0.4, -0.2) is 37.2 Å². The second-order valence-corrected chi connectivity index (χ2v) is 6.74. The summed E-state index contributed by atoms with van der Waals surface area (Å²) in [5.74, 6) is 0.529. The number of hydrogen-bond donors (Lipinski definition) is 2. The summed E-state index contributed by atoms with van der Waals surface area (Å²) in [6, 6.07) is 8.87. The number of ether oxygens (including phenoxy) is 1. The molecule has 0 aliphatic heterocycles. The zero-order valence-corrected chi connectivity index (χ0v) is 13.6. The summed E-state index contributed by atoms with van der Waals surface area (Å²) < 4.78 is 33.5. The molecule has 0 aliphatic carbocycles. The predicted molar refractivity (Wildman–Crippen MR) is 86.8 cm³/mol. The lowest BCUT2D eigenvalue weighted by molar-refractivity contribution is 0.136. The number of hydrogen-bond acceptors (Lipinski definition) is 5. The first-order chi connectivity index (χ1) is 10.4. The number of aryl methyl sites for hydroxylation is 1. The number of rotatable bonds is 7. The smallest absolute Gasteiger partial charge is 0.235 e. The molecule has 7 nitrogen and oxygen atoms in total. The van der Waals surface area contributed by atoms with E-state index >= 15 is 0 Å². The first-order valence-corrected chi connectivity index (χ1v) is 8.44. The summed E-state index contributed by atoms with van der Waals surface area (Å²) in [7, 11) is -0.202. The molecule has 0 fully saturated rings. The van der Waals surface area contributed by atoms with Crippen molar-refractivity contribution in [2.45, 2.75) is 13.0 Å². The number of para-hydroxylation sites is 2. The van der Waals surface area contributed by atoms with E-state index in [1.807, 2.05) is 13.1 Å². The molecule has 0 amide bonds. The van der Waals surface area contributed by atoms with Gasteiger partial charge in [-0.15, -0.1) is 0 Å². The van der Waals surface area contributed by atoms with Crippen molar-refractivity contribution in [2.24, 2.45) is 7.05 Å². The van der Waals surface area contributed by atoms with Gasteiger partial charge in [-0.1, -0.05) is 12.1 Å². The van der Waals surface area contributed by atoms with Crippen LogP contribution in [0.15, 0.2) is 36.5 Å². The largest absolute Gasteiger partial charge is 0.381 e. The summed E-state index contributed by atoms with van der Waals surface area (Å²) >= 11 is 0. The molecular weight excluding hydrogens is 304 g/mol. The number of benzene rings is 1. The molecule has 0 saturated heterocycles. The van der Waals surface area contributed by atoms with Gasteiger partial charge in [0.2, 0.25) is 10.0 Å². The molecule has 8 heteroatoms. The van der Waals surface area contributed by atoms with Crippen LogP contribution in [-0.2, 0) is 21.8 Å². The lowest BCUT2D eigenvalue weighted by Crippen LogP contribution is -2.25. The molecule has 0 saturated carbocycles. The fourth-order valence-corrected chi connectivity index (χ4v) is 3.24. The Balaban J connectivity index is 2.18. The van der Waals surface area contributed by atoms with Crippen molar-refractivity contribution >= 4 is 27.2 Å². The third-order valence-electron chi connectivity index (χ3n) is 3.03. The van der Waals surface area contributed by atoms with Crippen LogP contribution in [0, 0.1) is 0 Å². The molecule has 22 heavy (non-hydrogen) atoms. The van der Waals surface area contributed by atoms with Gasteiger partial charge in [-0.25, -0.2) is 8.42 Å². The highest BCUT2D eigenvalue weighted by molar-refractivity contribution is 7.92. The van der Waals surface area contributed by atoms with Crippen molar-refractivity contribution in [3.05, 3.63) is 36.5 Å². The topological polar surface area (TPSA) is 85.3 Å². The van der Waals surface area contributed by atoms with Gasteiger partial charge in [-0.3, -0.25) is 9.40 Å². The monoisotopic (exact) mass is 324 g/mol. The highest BCUT2D eigenvalue weighted by atomic mass is 32.2. The average molecular weight is 324 g/mol. The van der Waals surface area contributed by atoms with Gasteiger partial charge in [0.15, 0.2) is 5.82 Å². The third kappa shape index (κ3) is 4.47. The van der Waals surface area contributed by atoms with Gasteiger partial charge in [0.05, 0.1) is 23.2 Å². The molecule has 2 N–H and O–H groups in total. The number of nitrogens with zero attached hydrogens (tertiary/aromatic N) is 2. The first-order valence-electron chi connectivity index (χ1n) is 6.78. The third-order valence-corrected chi connectivity index (χ3v) is 4.46. The van der Waals surface area contributed by atoms with E-state index in [4.69, 9.17) is 4.74 Å². The number of anilines is 3. The molecule has 1 unspecified atom stereocenters.